The first kappa shape index (κ1) is 18.2. The first-order valence-electron chi connectivity index (χ1n) is 8.18. The van der Waals surface area contributed by atoms with E-state index in [1.165, 1.54) is 6.20 Å². The van der Waals surface area contributed by atoms with E-state index in [0.717, 1.165) is 18.9 Å². The van der Waals surface area contributed by atoms with Gasteiger partial charge in [-0.3, -0.25) is 4.79 Å². The van der Waals surface area contributed by atoms with Crippen molar-refractivity contribution in [2.45, 2.75) is 45.9 Å². The summed E-state index contributed by atoms with van der Waals surface area (Å²) < 4.78 is 5.70. The molecule has 7 nitrogen and oxygen atoms in total. The van der Waals surface area contributed by atoms with Gasteiger partial charge in [0.2, 0.25) is 0 Å². The van der Waals surface area contributed by atoms with Crippen LogP contribution >= 0.6 is 0 Å². The van der Waals surface area contributed by atoms with Crippen molar-refractivity contribution in [1.29, 1.82) is 0 Å². The third-order valence-electron chi connectivity index (χ3n) is 3.97. The van der Waals surface area contributed by atoms with Crippen molar-refractivity contribution < 1.29 is 19.4 Å². The molecule has 0 spiro atoms. The molecule has 2 heterocycles. The number of ether oxygens (including phenoxy) is 1. The standard InChI is InChI=1S/C17H25N3O4/c1-10(2)15(17(22)23)19-16(21)13-5-6-14(18-7-13)20-8-11(3)24-12(4)9-20/h5-7,10-12,15H,8-9H2,1-4H3,(H,19,21)(H,22,23)/t11?,12?,15-/m0/s1. The van der Waals surface area contributed by atoms with Gasteiger partial charge in [-0.2, -0.15) is 0 Å². The van der Waals surface area contributed by atoms with Crippen LogP contribution in [0.1, 0.15) is 38.1 Å². The molecule has 1 saturated heterocycles. The highest BCUT2D eigenvalue weighted by Crippen LogP contribution is 2.18. The Morgan fingerprint density at radius 1 is 1.29 bits per heavy atom. The first-order valence-corrected chi connectivity index (χ1v) is 8.18. The van der Waals surface area contributed by atoms with E-state index in [4.69, 9.17) is 9.84 Å². The van der Waals surface area contributed by atoms with Gasteiger partial charge in [-0.25, -0.2) is 9.78 Å². The molecule has 7 heteroatoms. The van der Waals surface area contributed by atoms with Gasteiger partial charge in [-0.1, -0.05) is 13.8 Å². The Hall–Kier alpha value is -2.15. The lowest BCUT2D eigenvalue weighted by molar-refractivity contribution is -0.140. The van der Waals surface area contributed by atoms with Crippen molar-refractivity contribution in [2.24, 2.45) is 5.92 Å². The predicted octanol–water partition coefficient (Wildman–Crippen LogP) is 1.53. The minimum absolute atomic E-state index is 0.126. The zero-order valence-corrected chi connectivity index (χ0v) is 14.5. The molecule has 1 aliphatic rings. The third-order valence-corrected chi connectivity index (χ3v) is 3.97. The summed E-state index contributed by atoms with van der Waals surface area (Å²) >= 11 is 0. The fourth-order valence-electron chi connectivity index (χ4n) is 2.81. The quantitative estimate of drug-likeness (QED) is 0.848. The van der Waals surface area contributed by atoms with Gasteiger partial charge < -0.3 is 20.1 Å². The highest BCUT2D eigenvalue weighted by Gasteiger charge is 2.25. The van der Waals surface area contributed by atoms with Gasteiger partial charge in [0, 0.05) is 19.3 Å². The Kier molecular flexibility index (Phi) is 5.77. The Morgan fingerprint density at radius 2 is 1.92 bits per heavy atom. The van der Waals surface area contributed by atoms with Crippen LogP contribution in [-0.4, -0.2) is 53.3 Å². The molecule has 1 aromatic rings. The van der Waals surface area contributed by atoms with Crippen LogP contribution in [0.4, 0.5) is 5.82 Å². The molecular formula is C17H25N3O4. The number of rotatable bonds is 5. The van der Waals surface area contributed by atoms with Gasteiger partial charge in [-0.05, 0) is 31.9 Å². The Morgan fingerprint density at radius 3 is 2.38 bits per heavy atom. The summed E-state index contributed by atoms with van der Waals surface area (Å²) in [4.78, 5) is 29.9. The molecular weight excluding hydrogens is 310 g/mol. The molecule has 1 aromatic heterocycles. The number of anilines is 1. The molecule has 0 bridgehead atoms. The second-order valence-corrected chi connectivity index (χ2v) is 6.60. The van der Waals surface area contributed by atoms with Gasteiger partial charge in [-0.15, -0.1) is 0 Å². The molecule has 3 atom stereocenters. The smallest absolute Gasteiger partial charge is 0.326 e. The van der Waals surface area contributed by atoms with E-state index in [2.05, 4.69) is 15.2 Å². The SMILES string of the molecule is CC1CN(c2ccc(C(=O)N[C@H](C(=O)O)C(C)C)cn2)CC(C)O1. The van der Waals surface area contributed by atoms with E-state index in [1.54, 1.807) is 26.0 Å². The number of hydrogen-bond donors (Lipinski definition) is 2. The minimum Gasteiger partial charge on any atom is -0.480 e. The van der Waals surface area contributed by atoms with Crippen molar-refractivity contribution in [3.05, 3.63) is 23.9 Å². The summed E-state index contributed by atoms with van der Waals surface area (Å²) in [6, 6.07) is 2.53. The predicted molar refractivity (Wildman–Crippen MR) is 90.2 cm³/mol. The highest BCUT2D eigenvalue weighted by atomic mass is 16.5. The van der Waals surface area contributed by atoms with Gasteiger partial charge in [0.1, 0.15) is 11.9 Å². The number of nitrogens with zero attached hydrogens (tertiary/aromatic N) is 2. The van der Waals surface area contributed by atoms with Crippen LogP contribution < -0.4 is 10.2 Å². The first-order chi connectivity index (χ1) is 11.3. The molecule has 24 heavy (non-hydrogen) atoms. The van der Waals surface area contributed by atoms with Gasteiger partial charge in [0.25, 0.3) is 5.91 Å². The van der Waals surface area contributed by atoms with Crippen molar-refractivity contribution >= 4 is 17.7 Å². The maximum atomic E-state index is 12.2. The van der Waals surface area contributed by atoms with Crippen LogP contribution in [0.5, 0.6) is 0 Å². The summed E-state index contributed by atoms with van der Waals surface area (Å²) in [7, 11) is 0. The lowest BCUT2D eigenvalue weighted by Crippen LogP contribution is -2.46. The van der Waals surface area contributed by atoms with Crippen molar-refractivity contribution in [3.8, 4) is 0 Å². The van der Waals surface area contributed by atoms with E-state index >= 15 is 0 Å². The maximum Gasteiger partial charge on any atom is 0.326 e. The summed E-state index contributed by atoms with van der Waals surface area (Å²) in [5.41, 5.74) is 0.347. The molecule has 1 aliphatic heterocycles. The van der Waals surface area contributed by atoms with Crippen LogP contribution in [0.25, 0.3) is 0 Å². The summed E-state index contributed by atoms with van der Waals surface area (Å²) in [6.45, 7) is 9.03. The molecule has 132 valence electrons. The van der Waals surface area contributed by atoms with Crippen molar-refractivity contribution in [2.75, 3.05) is 18.0 Å². The number of amides is 1. The number of carbonyl (C=O) groups is 2. The number of carbonyl (C=O) groups excluding carboxylic acids is 1. The fraction of sp³-hybridized carbons (Fsp3) is 0.588. The van der Waals surface area contributed by atoms with E-state index in [-0.39, 0.29) is 18.1 Å². The topological polar surface area (TPSA) is 91.8 Å². The Labute approximate surface area is 142 Å². The summed E-state index contributed by atoms with van der Waals surface area (Å²) in [5, 5.41) is 11.7. The maximum absolute atomic E-state index is 12.2. The highest BCUT2D eigenvalue weighted by molar-refractivity contribution is 5.96. The normalized spacial score (nSPS) is 22.3. The third kappa shape index (κ3) is 4.44. The van der Waals surface area contributed by atoms with Gasteiger partial charge in [0.15, 0.2) is 0 Å². The minimum atomic E-state index is -1.04. The molecule has 2 N–H and O–H groups in total. The zero-order chi connectivity index (χ0) is 17.9. The number of aliphatic carboxylic acids is 1. The monoisotopic (exact) mass is 335 g/mol. The molecule has 2 unspecified atom stereocenters. The molecule has 1 fully saturated rings. The van der Waals surface area contributed by atoms with Crippen molar-refractivity contribution in [3.63, 3.8) is 0 Å². The van der Waals surface area contributed by atoms with E-state index in [1.807, 2.05) is 13.8 Å². The number of aromatic nitrogens is 1. The second-order valence-electron chi connectivity index (χ2n) is 6.60. The fourth-order valence-corrected chi connectivity index (χ4v) is 2.81. The molecule has 0 aliphatic carbocycles. The van der Waals surface area contributed by atoms with E-state index < -0.39 is 17.9 Å². The number of carboxylic acid groups (broad SMARTS) is 1. The Balaban J connectivity index is 2.06. The van der Waals surface area contributed by atoms with Crippen LogP contribution in [-0.2, 0) is 9.53 Å². The summed E-state index contributed by atoms with van der Waals surface area (Å²) in [5.74, 6) is -0.889. The molecule has 0 aromatic carbocycles. The lowest BCUT2D eigenvalue weighted by Gasteiger charge is -2.36. The summed E-state index contributed by atoms with van der Waals surface area (Å²) in [6.07, 6.45) is 1.73. The average molecular weight is 335 g/mol. The number of hydrogen-bond acceptors (Lipinski definition) is 5. The van der Waals surface area contributed by atoms with E-state index in [9.17, 15) is 9.59 Å². The van der Waals surface area contributed by atoms with Crippen LogP contribution in [0.2, 0.25) is 0 Å². The van der Waals surface area contributed by atoms with E-state index in [0.29, 0.717) is 5.56 Å². The molecule has 2 rings (SSSR count). The number of morpholine rings is 1. The van der Waals surface area contributed by atoms with Crippen LogP contribution in [0.15, 0.2) is 18.3 Å². The molecule has 0 saturated carbocycles. The van der Waals surface area contributed by atoms with Gasteiger partial charge >= 0.3 is 5.97 Å². The van der Waals surface area contributed by atoms with Gasteiger partial charge in [0.05, 0.1) is 17.8 Å². The average Bonchev–Trinajstić information content (AvgIpc) is 2.51. The number of pyridine rings is 1. The number of carboxylic acids is 1. The zero-order valence-electron chi connectivity index (χ0n) is 14.5. The molecule has 0 radical (unpaired) electrons. The second kappa shape index (κ2) is 7.61. The Bertz CT molecular complexity index is 578. The number of nitrogens with one attached hydrogen (secondary N) is 1. The molecule has 1 amide bonds. The van der Waals surface area contributed by atoms with Crippen LogP contribution in [0.3, 0.4) is 0 Å². The van der Waals surface area contributed by atoms with Crippen molar-refractivity contribution in [1.82, 2.24) is 10.3 Å². The van der Waals surface area contributed by atoms with Crippen LogP contribution in [0, 0.1) is 5.92 Å². The largest absolute Gasteiger partial charge is 0.480 e. The lowest BCUT2D eigenvalue weighted by atomic mass is 10.0.